The molecular weight excluding hydrogens is 380 g/mol. The summed E-state index contributed by atoms with van der Waals surface area (Å²) in [6, 6.07) is 1.39. The molecule has 0 aromatic carbocycles. The van der Waals surface area contributed by atoms with E-state index < -0.39 is 17.7 Å². The zero-order valence-electron chi connectivity index (χ0n) is 18.0. The topological polar surface area (TPSA) is 105 Å². The van der Waals surface area contributed by atoms with Gasteiger partial charge in [0.25, 0.3) is 0 Å². The summed E-state index contributed by atoms with van der Waals surface area (Å²) in [5, 5.41) is 2.57. The molecule has 1 aliphatic heterocycles. The van der Waals surface area contributed by atoms with Crippen LogP contribution in [0.3, 0.4) is 0 Å². The summed E-state index contributed by atoms with van der Waals surface area (Å²) in [5.41, 5.74) is 8.20. The third-order valence-corrected chi connectivity index (χ3v) is 6.25. The van der Waals surface area contributed by atoms with Crippen LogP contribution in [-0.4, -0.2) is 40.2 Å². The van der Waals surface area contributed by atoms with Crippen molar-refractivity contribution in [2.24, 2.45) is 23.5 Å². The van der Waals surface area contributed by atoms with Gasteiger partial charge in [0, 0.05) is 24.7 Å². The summed E-state index contributed by atoms with van der Waals surface area (Å²) in [6.07, 6.45) is 9.01. The maximum absolute atomic E-state index is 13.2. The van der Waals surface area contributed by atoms with Crippen molar-refractivity contribution in [1.29, 1.82) is 0 Å². The molecule has 0 bridgehead atoms. The van der Waals surface area contributed by atoms with E-state index in [-0.39, 0.29) is 23.2 Å². The zero-order valence-corrected chi connectivity index (χ0v) is 18.0. The molecule has 1 saturated heterocycles. The van der Waals surface area contributed by atoms with Crippen LogP contribution in [-0.2, 0) is 9.59 Å². The molecule has 0 spiro atoms. The first-order chi connectivity index (χ1) is 14.2. The molecular formula is C23H30N4O3. The number of carbonyl (C=O) groups excluding carboxylic acids is 3. The lowest BCUT2D eigenvalue weighted by Crippen LogP contribution is -2.54. The van der Waals surface area contributed by atoms with Crippen molar-refractivity contribution in [3.05, 3.63) is 47.3 Å². The van der Waals surface area contributed by atoms with Gasteiger partial charge in [0.05, 0.1) is 17.4 Å². The monoisotopic (exact) mass is 410 g/mol. The second kappa shape index (κ2) is 8.81. The molecule has 1 fully saturated rings. The minimum atomic E-state index is -0.728. The minimum absolute atomic E-state index is 0.0249. The van der Waals surface area contributed by atoms with Crippen LogP contribution in [0.2, 0.25) is 0 Å². The first-order valence-electron chi connectivity index (χ1n) is 10.4. The van der Waals surface area contributed by atoms with E-state index in [0.29, 0.717) is 18.4 Å². The average Bonchev–Trinajstić information content (AvgIpc) is 2.70. The highest BCUT2D eigenvalue weighted by Gasteiger charge is 2.39. The largest absolute Gasteiger partial charge is 0.366 e. The van der Waals surface area contributed by atoms with Gasteiger partial charge in [0.2, 0.25) is 5.91 Å². The number of anilines is 1. The molecule has 3 N–H and O–H groups in total. The molecule has 3 rings (SSSR count). The number of allylic oxidation sites excluding steroid dienone is 3. The average molecular weight is 411 g/mol. The number of nitrogens with two attached hydrogens (primary N) is 1. The Labute approximate surface area is 177 Å². The van der Waals surface area contributed by atoms with Gasteiger partial charge < -0.3 is 16.0 Å². The van der Waals surface area contributed by atoms with Crippen LogP contribution in [0.4, 0.5) is 5.69 Å². The molecule has 4 atom stereocenters. The lowest BCUT2D eigenvalue weighted by atomic mass is 9.74. The molecule has 1 aromatic heterocycles. The number of primary amides is 1. The Bertz CT molecular complexity index is 921. The van der Waals surface area contributed by atoms with Crippen LogP contribution in [0.25, 0.3) is 0 Å². The summed E-state index contributed by atoms with van der Waals surface area (Å²) in [7, 11) is 0. The van der Waals surface area contributed by atoms with Gasteiger partial charge in [-0.25, -0.2) is 0 Å². The number of carbonyl (C=O) groups is 3. The number of hydrogen-bond acceptors (Lipinski definition) is 4. The van der Waals surface area contributed by atoms with Gasteiger partial charge in [-0.3, -0.25) is 19.4 Å². The molecule has 0 radical (unpaired) electrons. The normalized spacial score (nSPS) is 26.5. The van der Waals surface area contributed by atoms with Gasteiger partial charge in [-0.05, 0) is 44.6 Å². The van der Waals surface area contributed by atoms with Crippen LogP contribution >= 0.6 is 0 Å². The number of nitrogens with one attached hydrogen (secondary N) is 1. The molecule has 160 valence electrons. The molecule has 0 saturated carbocycles. The summed E-state index contributed by atoms with van der Waals surface area (Å²) in [5.74, 6) is -1.11. The summed E-state index contributed by atoms with van der Waals surface area (Å²) in [4.78, 5) is 42.9. The van der Waals surface area contributed by atoms with Crippen LogP contribution in [0.5, 0.6) is 0 Å². The number of nitrogens with zero attached hydrogens (tertiary/aromatic N) is 2. The van der Waals surface area contributed by atoms with Gasteiger partial charge >= 0.3 is 11.8 Å². The van der Waals surface area contributed by atoms with Gasteiger partial charge in [0.15, 0.2) is 0 Å². The molecule has 1 aromatic rings. The summed E-state index contributed by atoms with van der Waals surface area (Å²) in [6.45, 7) is 9.03. The van der Waals surface area contributed by atoms with E-state index in [1.807, 2.05) is 0 Å². The summed E-state index contributed by atoms with van der Waals surface area (Å²) < 4.78 is 0. The Kier molecular flexibility index (Phi) is 6.39. The van der Waals surface area contributed by atoms with E-state index in [4.69, 9.17) is 5.73 Å². The molecule has 7 heteroatoms. The van der Waals surface area contributed by atoms with Crippen LogP contribution < -0.4 is 11.1 Å². The second-order valence-electron chi connectivity index (χ2n) is 8.65. The standard InChI is InChI=1S/C23H30N4O3/c1-13-5-6-20(19-8-14(2)7-15(3)16(19)4)27(12-13)23(30)22(29)26-18-9-17(21(24)28)10-25-11-18/h7-11,13,16,19-20H,5-6,12H2,1-4H3,(H2,24,28)(H,26,29)/t13-,16?,19?,20+/m1/s1. The van der Waals surface area contributed by atoms with Crippen molar-refractivity contribution >= 4 is 23.4 Å². The predicted molar refractivity (Wildman–Crippen MR) is 115 cm³/mol. The van der Waals surface area contributed by atoms with Crippen molar-refractivity contribution in [2.75, 3.05) is 11.9 Å². The maximum atomic E-state index is 13.2. The molecule has 1 aliphatic carbocycles. The fraction of sp³-hybridized carbons (Fsp3) is 0.478. The van der Waals surface area contributed by atoms with Crippen molar-refractivity contribution in [3.63, 3.8) is 0 Å². The molecule has 7 nitrogen and oxygen atoms in total. The van der Waals surface area contributed by atoms with Gasteiger partial charge in [-0.15, -0.1) is 0 Å². The molecule has 3 amide bonds. The number of piperidine rings is 1. The van der Waals surface area contributed by atoms with E-state index in [2.05, 4.69) is 50.1 Å². The Morgan fingerprint density at radius 1 is 1.17 bits per heavy atom. The maximum Gasteiger partial charge on any atom is 0.313 e. The Hall–Kier alpha value is -2.96. The lowest BCUT2D eigenvalue weighted by Gasteiger charge is -2.44. The highest BCUT2D eigenvalue weighted by atomic mass is 16.2. The fourth-order valence-electron chi connectivity index (χ4n) is 4.50. The predicted octanol–water partition coefficient (Wildman–Crippen LogP) is 2.90. The highest BCUT2D eigenvalue weighted by Crippen LogP contribution is 2.37. The Morgan fingerprint density at radius 3 is 2.60 bits per heavy atom. The van der Waals surface area contributed by atoms with Crippen LogP contribution in [0, 0.1) is 17.8 Å². The van der Waals surface area contributed by atoms with Gasteiger partial charge in [-0.2, -0.15) is 0 Å². The van der Waals surface area contributed by atoms with E-state index in [9.17, 15) is 14.4 Å². The smallest absolute Gasteiger partial charge is 0.313 e. The fourth-order valence-corrected chi connectivity index (χ4v) is 4.50. The number of aromatic nitrogens is 1. The SMILES string of the molecule is CC1=CC([C@@H]2CC[C@@H](C)CN2C(=O)C(=O)Nc2cncc(C(N)=O)c2)C(C)C(C)=C1. The van der Waals surface area contributed by atoms with Crippen molar-refractivity contribution in [3.8, 4) is 0 Å². The number of pyridine rings is 1. The van der Waals surface area contributed by atoms with E-state index >= 15 is 0 Å². The molecule has 30 heavy (non-hydrogen) atoms. The van der Waals surface area contributed by atoms with E-state index in [1.54, 1.807) is 4.90 Å². The Balaban J connectivity index is 1.81. The summed E-state index contributed by atoms with van der Waals surface area (Å²) >= 11 is 0. The lowest BCUT2D eigenvalue weighted by molar-refractivity contribution is -0.147. The third kappa shape index (κ3) is 4.61. The van der Waals surface area contributed by atoms with Crippen LogP contribution in [0.15, 0.2) is 41.8 Å². The first-order valence-corrected chi connectivity index (χ1v) is 10.4. The molecule has 2 unspecified atom stereocenters. The number of amides is 3. The quantitative estimate of drug-likeness (QED) is 0.747. The Morgan fingerprint density at radius 2 is 1.90 bits per heavy atom. The molecule has 2 aliphatic rings. The van der Waals surface area contributed by atoms with Crippen molar-refractivity contribution in [2.45, 2.75) is 46.6 Å². The molecule has 2 heterocycles. The number of rotatable bonds is 3. The first kappa shape index (κ1) is 21.7. The van der Waals surface area contributed by atoms with E-state index in [1.165, 1.54) is 29.6 Å². The van der Waals surface area contributed by atoms with Crippen LogP contribution in [0.1, 0.15) is 50.9 Å². The van der Waals surface area contributed by atoms with Gasteiger partial charge in [0.1, 0.15) is 0 Å². The zero-order chi connectivity index (χ0) is 22.0. The number of likely N-dealkylation sites (tertiary alicyclic amines) is 1. The highest BCUT2D eigenvalue weighted by molar-refractivity contribution is 6.39. The minimum Gasteiger partial charge on any atom is -0.366 e. The van der Waals surface area contributed by atoms with E-state index in [0.717, 1.165) is 12.8 Å². The second-order valence-corrected chi connectivity index (χ2v) is 8.65. The third-order valence-electron chi connectivity index (χ3n) is 6.25. The van der Waals surface area contributed by atoms with Crippen molar-refractivity contribution < 1.29 is 14.4 Å². The number of hydrogen-bond donors (Lipinski definition) is 2. The van der Waals surface area contributed by atoms with Gasteiger partial charge in [-0.1, -0.05) is 37.1 Å². The van der Waals surface area contributed by atoms with Crippen molar-refractivity contribution in [1.82, 2.24) is 9.88 Å².